The second-order valence-corrected chi connectivity index (χ2v) is 8.79. The minimum Gasteiger partial charge on any atom is -0.301 e. The highest BCUT2D eigenvalue weighted by atomic mass is 32.2. The minimum atomic E-state index is -2.53. The smallest absolute Gasteiger partial charge is 0.297 e. The van der Waals surface area contributed by atoms with Crippen molar-refractivity contribution in [2.75, 3.05) is 13.6 Å². The van der Waals surface area contributed by atoms with Crippen LogP contribution in [-0.2, 0) is 6.42 Å². The zero-order valence-corrected chi connectivity index (χ0v) is 16.6. The molecule has 1 aliphatic heterocycles. The summed E-state index contributed by atoms with van der Waals surface area (Å²) in [6.07, 6.45) is 2.23. The maximum Gasteiger partial charge on any atom is 0.297 e. The van der Waals surface area contributed by atoms with Gasteiger partial charge in [-0.25, -0.2) is 13.2 Å². The molecule has 2 aliphatic rings. The fourth-order valence-electron chi connectivity index (χ4n) is 4.50. The molecule has 2 aromatic rings. The van der Waals surface area contributed by atoms with Gasteiger partial charge in [0.25, 0.3) is 5.76 Å². The molecule has 0 amide bonds. The molecule has 1 saturated carbocycles. The highest BCUT2D eigenvalue weighted by Crippen LogP contribution is 2.55. The molecule has 2 atom stereocenters. The second-order valence-electron chi connectivity index (χ2n) is 7.96. The lowest BCUT2D eigenvalue weighted by atomic mass is 9.91. The van der Waals surface area contributed by atoms with Crippen molar-refractivity contribution < 1.29 is 22.0 Å². The molecule has 1 N–H and O–H groups in total. The summed E-state index contributed by atoms with van der Waals surface area (Å²) in [6.45, 7) is 0.773. The fourth-order valence-corrected chi connectivity index (χ4v) is 5.16. The van der Waals surface area contributed by atoms with Gasteiger partial charge in [0.1, 0.15) is 17.5 Å². The lowest BCUT2D eigenvalue weighted by Gasteiger charge is -2.27. The molecule has 1 spiro atoms. The molecule has 2 unspecified atom stereocenters. The van der Waals surface area contributed by atoms with E-state index in [1.54, 1.807) is 12.1 Å². The average Bonchev–Trinajstić information content (AvgIpc) is 3.35. The van der Waals surface area contributed by atoms with Crippen LogP contribution in [0, 0.1) is 22.9 Å². The third-order valence-electron chi connectivity index (χ3n) is 6.03. The van der Waals surface area contributed by atoms with Crippen molar-refractivity contribution in [3.8, 4) is 11.1 Å². The first-order chi connectivity index (χ1) is 13.8. The molecular weight excluding hydrogens is 407 g/mol. The van der Waals surface area contributed by atoms with Gasteiger partial charge in [-0.1, -0.05) is 18.2 Å². The molecule has 2 nitrogen and oxygen atoms in total. The van der Waals surface area contributed by atoms with Crippen LogP contribution in [0.15, 0.2) is 36.4 Å². The van der Waals surface area contributed by atoms with Gasteiger partial charge in [0.15, 0.2) is 0 Å². The molecule has 0 radical (unpaired) electrons. The van der Waals surface area contributed by atoms with Crippen LogP contribution < -0.4 is 4.72 Å². The Morgan fingerprint density at radius 3 is 2.45 bits per heavy atom. The summed E-state index contributed by atoms with van der Waals surface area (Å²) in [5.41, 5.74) is 0.606. The van der Waals surface area contributed by atoms with E-state index < -0.39 is 23.2 Å². The van der Waals surface area contributed by atoms with Crippen molar-refractivity contribution in [3.05, 3.63) is 59.4 Å². The van der Waals surface area contributed by atoms with Crippen molar-refractivity contribution in [2.45, 2.75) is 37.1 Å². The number of benzene rings is 2. The van der Waals surface area contributed by atoms with E-state index in [-0.39, 0.29) is 28.6 Å². The summed E-state index contributed by atoms with van der Waals surface area (Å²) < 4.78 is 70.8. The summed E-state index contributed by atoms with van der Waals surface area (Å²) in [7, 11) is 1.92. The van der Waals surface area contributed by atoms with Gasteiger partial charge >= 0.3 is 0 Å². The fraction of sp³-hybridized carbons (Fsp3) is 0.429. The molecule has 0 aromatic heterocycles. The Bertz CT molecular complexity index is 882. The molecule has 29 heavy (non-hydrogen) atoms. The maximum absolute atomic E-state index is 15.2. The predicted molar refractivity (Wildman–Crippen MR) is 104 cm³/mol. The quantitative estimate of drug-likeness (QED) is 0.501. The van der Waals surface area contributed by atoms with Crippen LogP contribution >= 0.6 is 11.9 Å². The number of rotatable bonds is 6. The topological polar surface area (TPSA) is 15.3 Å². The Morgan fingerprint density at radius 1 is 1.14 bits per heavy atom. The number of nitrogens with zero attached hydrogens (tertiary/aromatic N) is 1. The van der Waals surface area contributed by atoms with Crippen LogP contribution in [0.2, 0.25) is 0 Å². The summed E-state index contributed by atoms with van der Waals surface area (Å²) in [5.74, 6) is -4.61. The first-order valence-corrected chi connectivity index (χ1v) is 10.3. The van der Waals surface area contributed by atoms with E-state index in [1.807, 2.05) is 7.05 Å². The zero-order valence-electron chi connectivity index (χ0n) is 15.8. The number of halogens is 5. The van der Waals surface area contributed by atoms with Crippen molar-refractivity contribution >= 4 is 11.9 Å². The molecule has 8 heteroatoms. The minimum absolute atomic E-state index is 0.0406. The first kappa shape index (κ1) is 20.6. The van der Waals surface area contributed by atoms with Crippen molar-refractivity contribution in [3.63, 3.8) is 0 Å². The van der Waals surface area contributed by atoms with Gasteiger partial charge in [-0.2, -0.15) is 8.78 Å². The number of nitrogens with one attached hydrogen (secondary N) is 1. The SMILES string of the molecule is CN1CC2(CC2)C(NSC(F)F)C1Cc1cccc(-c2cc(F)cc(F)c2)c1F. The number of likely N-dealkylation sites (N-methyl/N-ethyl adjacent to an activating group) is 1. The monoisotopic (exact) mass is 428 g/mol. The summed E-state index contributed by atoms with van der Waals surface area (Å²) in [5, 5.41) is 0. The van der Waals surface area contributed by atoms with Gasteiger partial charge in [-0.15, -0.1) is 0 Å². The number of hydrogen-bond donors (Lipinski definition) is 1. The van der Waals surface area contributed by atoms with Crippen LogP contribution in [-0.4, -0.2) is 36.3 Å². The van der Waals surface area contributed by atoms with E-state index >= 15 is 4.39 Å². The summed E-state index contributed by atoms with van der Waals surface area (Å²) >= 11 is 0.407. The molecule has 2 aromatic carbocycles. The Balaban J connectivity index is 1.62. The lowest BCUT2D eigenvalue weighted by Crippen LogP contribution is -2.43. The van der Waals surface area contributed by atoms with Crippen molar-refractivity contribution in [2.24, 2.45) is 5.41 Å². The van der Waals surface area contributed by atoms with E-state index in [1.165, 1.54) is 6.07 Å². The van der Waals surface area contributed by atoms with Gasteiger partial charge < -0.3 is 4.90 Å². The van der Waals surface area contributed by atoms with Crippen LogP contribution in [0.3, 0.4) is 0 Å². The molecule has 1 aliphatic carbocycles. The van der Waals surface area contributed by atoms with Crippen LogP contribution in [0.25, 0.3) is 11.1 Å². The highest BCUT2D eigenvalue weighted by Gasteiger charge is 2.58. The summed E-state index contributed by atoms with van der Waals surface area (Å²) in [6, 6.07) is 7.36. The van der Waals surface area contributed by atoms with Crippen LogP contribution in [0.1, 0.15) is 18.4 Å². The maximum atomic E-state index is 15.2. The molecule has 156 valence electrons. The molecule has 1 saturated heterocycles. The molecular formula is C21H21F5N2S. The first-order valence-electron chi connectivity index (χ1n) is 9.42. The number of alkyl halides is 2. The van der Waals surface area contributed by atoms with E-state index in [0.717, 1.165) is 37.6 Å². The van der Waals surface area contributed by atoms with Gasteiger partial charge in [-0.05, 0) is 61.5 Å². The zero-order chi connectivity index (χ0) is 20.8. The largest absolute Gasteiger partial charge is 0.301 e. The summed E-state index contributed by atoms with van der Waals surface area (Å²) in [4.78, 5) is 2.09. The van der Waals surface area contributed by atoms with Crippen molar-refractivity contribution in [1.82, 2.24) is 9.62 Å². The van der Waals surface area contributed by atoms with E-state index in [4.69, 9.17) is 0 Å². The molecule has 4 rings (SSSR count). The normalized spacial score (nSPS) is 23.3. The van der Waals surface area contributed by atoms with Gasteiger partial charge in [0, 0.05) is 35.7 Å². The number of likely N-dealkylation sites (tertiary alicyclic amines) is 1. The third-order valence-corrected chi connectivity index (χ3v) is 6.60. The highest BCUT2D eigenvalue weighted by molar-refractivity contribution is 7.97. The molecule has 2 fully saturated rings. The Hall–Kier alpha value is -1.64. The Morgan fingerprint density at radius 2 is 1.83 bits per heavy atom. The molecule has 0 bridgehead atoms. The lowest BCUT2D eigenvalue weighted by molar-refractivity contribution is 0.247. The van der Waals surface area contributed by atoms with Crippen LogP contribution in [0.4, 0.5) is 22.0 Å². The number of hydrogen-bond acceptors (Lipinski definition) is 3. The van der Waals surface area contributed by atoms with Gasteiger partial charge in [-0.3, -0.25) is 4.72 Å². The third kappa shape index (κ3) is 4.15. The predicted octanol–water partition coefficient (Wildman–Crippen LogP) is 5.24. The van der Waals surface area contributed by atoms with E-state index in [2.05, 4.69) is 9.62 Å². The standard InChI is InChI=1S/C21H21F5N2S/c1-28-11-21(5-6-21)19(27-29-20(25)26)17(28)9-12-3-2-4-16(18(12)24)13-7-14(22)10-15(23)8-13/h2-4,7-8,10,17,19-20,27H,5-6,9,11H2,1H3. The van der Waals surface area contributed by atoms with Gasteiger partial charge in [0.2, 0.25) is 0 Å². The van der Waals surface area contributed by atoms with Crippen molar-refractivity contribution in [1.29, 1.82) is 0 Å². The molecule has 1 heterocycles. The van der Waals surface area contributed by atoms with E-state index in [0.29, 0.717) is 23.9 Å². The van der Waals surface area contributed by atoms with Crippen LogP contribution in [0.5, 0.6) is 0 Å². The van der Waals surface area contributed by atoms with Gasteiger partial charge in [0.05, 0.1) is 0 Å². The average molecular weight is 428 g/mol. The Kier molecular flexibility index (Phi) is 5.61. The van der Waals surface area contributed by atoms with E-state index in [9.17, 15) is 17.6 Å². The Labute approximate surface area is 170 Å². The second kappa shape index (κ2) is 7.89.